The molecule has 1 aromatic heterocycles. The van der Waals surface area contributed by atoms with E-state index in [-0.39, 0.29) is 0 Å². The molecular weight excluding hydrogens is 342 g/mol. The van der Waals surface area contributed by atoms with Crippen molar-refractivity contribution >= 4 is 20.9 Å². The van der Waals surface area contributed by atoms with Crippen molar-refractivity contribution in [3.05, 3.63) is 89.6 Å². The molecule has 0 fully saturated rings. The standard InChI is InChI=1S/C22H17NO2S/c1-15-10-12-17(13-11-15)26(24,25)23-20-9-5-4-8-19(20)22-18-7-3-2-6-16(18)14-21(22)23/h2-13H,14H2,1H3. The predicted molar refractivity (Wildman–Crippen MR) is 104 cm³/mol. The van der Waals surface area contributed by atoms with Gasteiger partial charge in [-0.25, -0.2) is 12.4 Å². The van der Waals surface area contributed by atoms with Gasteiger partial charge in [0.05, 0.1) is 10.4 Å². The molecule has 0 unspecified atom stereocenters. The van der Waals surface area contributed by atoms with Crippen LogP contribution in [0.1, 0.15) is 16.8 Å². The Morgan fingerprint density at radius 3 is 2.35 bits per heavy atom. The molecule has 0 spiro atoms. The van der Waals surface area contributed by atoms with Gasteiger partial charge >= 0.3 is 0 Å². The quantitative estimate of drug-likeness (QED) is 0.456. The molecule has 1 aliphatic rings. The lowest BCUT2D eigenvalue weighted by atomic mass is 10.0. The van der Waals surface area contributed by atoms with Crippen molar-refractivity contribution in [3.63, 3.8) is 0 Å². The Labute approximate surface area is 152 Å². The van der Waals surface area contributed by atoms with E-state index in [4.69, 9.17) is 0 Å². The van der Waals surface area contributed by atoms with Crippen molar-refractivity contribution in [1.82, 2.24) is 3.97 Å². The van der Waals surface area contributed by atoms with E-state index in [2.05, 4.69) is 12.1 Å². The first kappa shape index (κ1) is 15.4. The maximum absolute atomic E-state index is 13.5. The van der Waals surface area contributed by atoms with E-state index in [9.17, 15) is 8.42 Å². The minimum Gasteiger partial charge on any atom is -0.237 e. The van der Waals surface area contributed by atoms with Crippen molar-refractivity contribution < 1.29 is 8.42 Å². The Balaban J connectivity index is 1.86. The largest absolute Gasteiger partial charge is 0.268 e. The zero-order chi connectivity index (χ0) is 17.9. The highest BCUT2D eigenvalue weighted by Gasteiger charge is 2.31. The summed E-state index contributed by atoms with van der Waals surface area (Å²) in [4.78, 5) is 0.322. The summed E-state index contributed by atoms with van der Waals surface area (Å²) in [7, 11) is -3.67. The van der Waals surface area contributed by atoms with Crippen LogP contribution in [-0.2, 0) is 16.4 Å². The van der Waals surface area contributed by atoms with Gasteiger partial charge in [0.25, 0.3) is 10.0 Å². The second-order valence-electron chi connectivity index (χ2n) is 6.76. The molecule has 1 aliphatic carbocycles. The molecule has 0 saturated carbocycles. The molecule has 4 heteroatoms. The van der Waals surface area contributed by atoms with Gasteiger partial charge in [-0.3, -0.25) is 0 Å². The second-order valence-corrected chi connectivity index (χ2v) is 8.54. The molecule has 5 rings (SSSR count). The van der Waals surface area contributed by atoms with Gasteiger partial charge in [-0.1, -0.05) is 60.2 Å². The average Bonchev–Trinajstić information content (AvgIpc) is 3.16. The van der Waals surface area contributed by atoms with Gasteiger partial charge in [0.1, 0.15) is 0 Å². The lowest BCUT2D eigenvalue weighted by Crippen LogP contribution is -2.15. The number of hydrogen-bond donors (Lipinski definition) is 0. The van der Waals surface area contributed by atoms with Gasteiger partial charge in [-0.2, -0.15) is 0 Å². The first-order valence-corrected chi connectivity index (χ1v) is 10.0. The maximum Gasteiger partial charge on any atom is 0.268 e. The van der Waals surface area contributed by atoms with Gasteiger partial charge in [0.15, 0.2) is 0 Å². The van der Waals surface area contributed by atoms with Crippen molar-refractivity contribution in [2.24, 2.45) is 0 Å². The molecule has 0 amide bonds. The van der Waals surface area contributed by atoms with E-state index in [1.807, 2.05) is 55.5 Å². The van der Waals surface area contributed by atoms with Crippen LogP contribution >= 0.6 is 0 Å². The van der Waals surface area contributed by atoms with Crippen molar-refractivity contribution in [2.75, 3.05) is 0 Å². The molecule has 3 aromatic carbocycles. The monoisotopic (exact) mass is 359 g/mol. The van der Waals surface area contributed by atoms with Crippen LogP contribution in [0.25, 0.3) is 22.0 Å². The van der Waals surface area contributed by atoms with Crippen LogP contribution in [0, 0.1) is 6.92 Å². The van der Waals surface area contributed by atoms with Crippen LogP contribution < -0.4 is 0 Å². The third-order valence-corrected chi connectivity index (χ3v) is 6.90. The van der Waals surface area contributed by atoms with Gasteiger partial charge in [-0.05, 0) is 36.2 Å². The normalized spacial score (nSPS) is 13.0. The summed E-state index contributed by atoms with van der Waals surface area (Å²) < 4.78 is 28.5. The highest BCUT2D eigenvalue weighted by atomic mass is 32.2. The minimum absolute atomic E-state index is 0.322. The number of benzene rings is 3. The van der Waals surface area contributed by atoms with Crippen LogP contribution in [0.4, 0.5) is 0 Å². The van der Waals surface area contributed by atoms with Crippen molar-refractivity contribution in [3.8, 4) is 11.1 Å². The summed E-state index contributed by atoms with van der Waals surface area (Å²) in [5.74, 6) is 0. The summed E-state index contributed by atoms with van der Waals surface area (Å²) in [5.41, 5.74) is 6.00. The summed E-state index contributed by atoms with van der Waals surface area (Å²) in [6.07, 6.45) is 0.630. The molecule has 0 N–H and O–H groups in total. The molecular formula is C22H17NO2S. The molecule has 0 bridgehead atoms. The number of nitrogens with zero attached hydrogens (tertiary/aromatic N) is 1. The fraction of sp³-hybridized carbons (Fsp3) is 0.0909. The Morgan fingerprint density at radius 2 is 1.54 bits per heavy atom. The van der Waals surface area contributed by atoms with Gasteiger partial charge in [0, 0.05) is 23.1 Å². The van der Waals surface area contributed by atoms with Crippen LogP contribution in [0.5, 0.6) is 0 Å². The lowest BCUT2D eigenvalue weighted by molar-refractivity contribution is 0.587. The number of hydrogen-bond acceptors (Lipinski definition) is 2. The number of para-hydroxylation sites is 1. The topological polar surface area (TPSA) is 39.1 Å². The van der Waals surface area contributed by atoms with Crippen LogP contribution in [0.2, 0.25) is 0 Å². The van der Waals surface area contributed by atoms with Gasteiger partial charge in [-0.15, -0.1) is 0 Å². The first-order valence-electron chi connectivity index (χ1n) is 8.60. The highest BCUT2D eigenvalue weighted by molar-refractivity contribution is 7.90. The van der Waals surface area contributed by atoms with Crippen LogP contribution in [0.3, 0.4) is 0 Å². The van der Waals surface area contributed by atoms with Crippen LogP contribution in [-0.4, -0.2) is 12.4 Å². The molecule has 1 heterocycles. The summed E-state index contributed by atoms with van der Waals surface area (Å²) in [6.45, 7) is 1.95. The molecule has 0 atom stereocenters. The molecule has 3 nitrogen and oxygen atoms in total. The molecule has 0 radical (unpaired) electrons. The van der Waals surface area contributed by atoms with Gasteiger partial charge < -0.3 is 0 Å². The highest BCUT2D eigenvalue weighted by Crippen LogP contribution is 2.44. The fourth-order valence-corrected chi connectivity index (χ4v) is 5.47. The zero-order valence-corrected chi connectivity index (χ0v) is 15.1. The summed E-state index contributed by atoms with van der Waals surface area (Å²) in [5, 5.41) is 0.989. The molecule has 128 valence electrons. The number of aryl methyl sites for hydroxylation is 1. The third kappa shape index (κ3) is 2.02. The fourth-order valence-electron chi connectivity index (χ4n) is 3.91. The lowest BCUT2D eigenvalue weighted by Gasteiger charge is -2.11. The Morgan fingerprint density at radius 1 is 0.846 bits per heavy atom. The SMILES string of the molecule is Cc1ccc(S(=O)(=O)n2c3c(c4ccccc42)-c2ccccc2C3)cc1. The minimum atomic E-state index is -3.67. The van der Waals surface area contributed by atoms with E-state index >= 15 is 0 Å². The summed E-state index contributed by atoms with van der Waals surface area (Å²) >= 11 is 0. The zero-order valence-electron chi connectivity index (χ0n) is 14.3. The van der Waals surface area contributed by atoms with E-state index in [0.29, 0.717) is 11.3 Å². The molecule has 4 aromatic rings. The van der Waals surface area contributed by atoms with E-state index in [0.717, 1.165) is 33.3 Å². The van der Waals surface area contributed by atoms with E-state index < -0.39 is 10.0 Å². The van der Waals surface area contributed by atoms with Crippen molar-refractivity contribution in [1.29, 1.82) is 0 Å². The predicted octanol–water partition coefficient (Wildman–Crippen LogP) is 4.76. The Kier molecular flexibility index (Phi) is 3.15. The first-order chi connectivity index (χ1) is 12.6. The van der Waals surface area contributed by atoms with Crippen LogP contribution in [0.15, 0.2) is 77.7 Å². The number of fused-ring (bicyclic) bond motifs is 5. The maximum atomic E-state index is 13.5. The molecule has 26 heavy (non-hydrogen) atoms. The smallest absolute Gasteiger partial charge is 0.237 e. The second kappa shape index (κ2) is 5.32. The van der Waals surface area contributed by atoms with Crippen molar-refractivity contribution in [2.45, 2.75) is 18.2 Å². The van der Waals surface area contributed by atoms with E-state index in [1.165, 1.54) is 5.56 Å². The molecule has 0 aliphatic heterocycles. The third-order valence-electron chi connectivity index (χ3n) is 5.13. The number of aromatic nitrogens is 1. The Bertz CT molecular complexity index is 1270. The average molecular weight is 359 g/mol. The van der Waals surface area contributed by atoms with Gasteiger partial charge in [0.2, 0.25) is 0 Å². The molecule has 0 saturated heterocycles. The van der Waals surface area contributed by atoms with E-state index in [1.54, 1.807) is 16.1 Å². The summed E-state index contributed by atoms with van der Waals surface area (Å²) in [6, 6.07) is 23.0. The Hall–Kier alpha value is -2.85. The number of rotatable bonds is 2.